The van der Waals surface area contributed by atoms with Crippen LogP contribution in [-0.2, 0) is 6.42 Å². The van der Waals surface area contributed by atoms with Crippen molar-refractivity contribution < 1.29 is 9.21 Å². The van der Waals surface area contributed by atoms with E-state index in [0.29, 0.717) is 12.6 Å². The van der Waals surface area contributed by atoms with E-state index in [2.05, 4.69) is 34.5 Å². The van der Waals surface area contributed by atoms with Gasteiger partial charge in [0.05, 0.1) is 12.3 Å². The SMILES string of the molecule is CN1CCN(C)C(CNC(=O)NC2CCCc3occc32)C1. The molecule has 2 amide bonds. The van der Waals surface area contributed by atoms with E-state index in [-0.39, 0.29) is 12.1 Å². The maximum atomic E-state index is 12.2. The minimum absolute atomic E-state index is 0.0780. The maximum Gasteiger partial charge on any atom is 0.315 e. The van der Waals surface area contributed by atoms with Gasteiger partial charge in [0.1, 0.15) is 5.76 Å². The Hall–Kier alpha value is -1.53. The minimum Gasteiger partial charge on any atom is -0.469 e. The van der Waals surface area contributed by atoms with Gasteiger partial charge in [-0.3, -0.25) is 4.90 Å². The summed E-state index contributed by atoms with van der Waals surface area (Å²) in [6, 6.07) is 2.35. The highest BCUT2D eigenvalue weighted by molar-refractivity contribution is 5.74. The molecule has 122 valence electrons. The first-order chi connectivity index (χ1) is 10.6. The van der Waals surface area contributed by atoms with Crippen LogP contribution in [0.4, 0.5) is 4.79 Å². The molecule has 2 unspecified atom stereocenters. The highest BCUT2D eigenvalue weighted by atomic mass is 16.3. The second kappa shape index (κ2) is 6.71. The molecule has 0 spiro atoms. The zero-order chi connectivity index (χ0) is 15.5. The number of aryl methyl sites for hydroxylation is 1. The van der Waals surface area contributed by atoms with Gasteiger partial charge in [-0.15, -0.1) is 0 Å². The van der Waals surface area contributed by atoms with Crippen LogP contribution in [-0.4, -0.2) is 62.1 Å². The van der Waals surface area contributed by atoms with Crippen molar-refractivity contribution in [3.63, 3.8) is 0 Å². The van der Waals surface area contributed by atoms with Crippen molar-refractivity contribution in [3.05, 3.63) is 23.7 Å². The number of hydrogen-bond donors (Lipinski definition) is 2. The summed E-state index contributed by atoms with van der Waals surface area (Å²) in [5, 5.41) is 6.11. The predicted octanol–water partition coefficient (Wildman–Crippen LogP) is 1.20. The molecule has 1 aliphatic heterocycles. The highest BCUT2D eigenvalue weighted by Gasteiger charge is 2.25. The van der Waals surface area contributed by atoms with Crippen molar-refractivity contribution in [3.8, 4) is 0 Å². The van der Waals surface area contributed by atoms with Crippen molar-refractivity contribution in [1.29, 1.82) is 0 Å². The summed E-state index contributed by atoms with van der Waals surface area (Å²) in [4.78, 5) is 16.8. The lowest BCUT2D eigenvalue weighted by atomic mass is 9.93. The second-order valence-corrected chi connectivity index (χ2v) is 6.49. The number of piperazine rings is 1. The van der Waals surface area contributed by atoms with Gasteiger partial charge in [-0.25, -0.2) is 4.79 Å². The third-order valence-electron chi connectivity index (χ3n) is 4.84. The molecule has 1 aromatic rings. The predicted molar refractivity (Wildman–Crippen MR) is 84.8 cm³/mol. The van der Waals surface area contributed by atoms with Crippen molar-refractivity contribution in [2.24, 2.45) is 0 Å². The molecule has 6 heteroatoms. The van der Waals surface area contributed by atoms with Gasteiger partial charge in [0.25, 0.3) is 0 Å². The van der Waals surface area contributed by atoms with Crippen LogP contribution in [0.15, 0.2) is 16.7 Å². The molecule has 22 heavy (non-hydrogen) atoms. The summed E-state index contributed by atoms with van der Waals surface area (Å²) in [6.07, 6.45) is 4.73. The van der Waals surface area contributed by atoms with Gasteiger partial charge in [-0.05, 0) is 33.0 Å². The molecule has 2 atom stereocenters. The van der Waals surface area contributed by atoms with E-state index in [4.69, 9.17) is 4.42 Å². The van der Waals surface area contributed by atoms with Gasteiger partial charge < -0.3 is 20.0 Å². The number of rotatable bonds is 3. The highest BCUT2D eigenvalue weighted by Crippen LogP contribution is 2.30. The van der Waals surface area contributed by atoms with E-state index < -0.39 is 0 Å². The van der Waals surface area contributed by atoms with E-state index >= 15 is 0 Å². The number of carbonyl (C=O) groups is 1. The van der Waals surface area contributed by atoms with Gasteiger partial charge >= 0.3 is 6.03 Å². The smallest absolute Gasteiger partial charge is 0.315 e. The van der Waals surface area contributed by atoms with Gasteiger partial charge in [0.15, 0.2) is 0 Å². The molecule has 0 bridgehead atoms. The fourth-order valence-electron chi connectivity index (χ4n) is 3.38. The molecule has 1 saturated heterocycles. The average Bonchev–Trinajstić information content (AvgIpc) is 2.98. The molecule has 2 aliphatic rings. The molecule has 2 N–H and O–H groups in total. The minimum atomic E-state index is -0.0827. The van der Waals surface area contributed by atoms with Crippen LogP contribution >= 0.6 is 0 Å². The Balaban J connectivity index is 1.49. The number of urea groups is 1. The number of furan rings is 1. The van der Waals surface area contributed by atoms with Crippen LogP contribution in [0.5, 0.6) is 0 Å². The first kappa shape index (κ1) is 15.4. The lowest BCUT2D eigenvalue weighted by Crippen LogP contribution is -2.55. The molecular weight excluding hydrogens is 280 g/mol. The zero-order valence-electron chi connectivity index (χ0n) is 13.5. The Kier molecular flexibility index (Phi) is 4.69. The molecule has 0 aromatic carbocycles. The largest absolute Gasteiger partial charge is 0.469 e. The topological polar surface area (TPSA) is 60.8 Å². The lowest BCUT2D eigenvalue weighted by molar-refractivity contribution is 0.114. The van der Waals surface area contributed by atoms with Crippen LogP contribution in [0.1, 0.15) is 30.2 Å². The molecule has 0 saturated carbocycles. The normalized spacial score (nSPS) is 26.5. The number of carbonyl (C=O) groups excluding carboxylic acids is 1. The fourth-order valence-corrected chi connectivity index (χ4v) is 3.38. The Morgan fingerprint density at radius 2 is 2.27 bits per heavy atom. The number of amides is 2. The van der Waals surface area contributed by atoms with Crippen LogP contribution < -0.4 is 10.6 Å². The van der Waals surface area contributed by atoms with Crippen LogP contribution in [0.2, 0.25) is 0 Å². The molecule has 6 nitrogen and oxygen atoms in total. The summed E-state index contributed by atoms with van der Waals surface area (Å²) in [6.45, 7) is 3.81. The lowest BCUT2D eigenvalue weighted by Gasteiger charge is -2.37. The van der Waals surface area contributed by atoms with Crippen LogP contribution in [0, 0.1) is 0 Å². The standard InChI is InChI=1S/C16H26N4O2/c1-19-7-8-20(2)12(11-19)10-17-16(21)18-14-4-3-5-15-13(14)6-9-22-15/h6,9,12,14H,3-5,7-8,10-11H2,1-2H3,(H2,17,18,21). The van der Waals surface area contributed by atoms with Gasteiger partial charge in [0, 0.05) is 44.2 Å². The summed E-state index contributed by atoms with van der Waals surface area (Å²) in [5.41, 5.74) is 1.14. The van der Waals surface area contributed by atoms with E-state index in [1.54, 1.807) is 6.26 Å². The van der Waals surface area contributed by atoms with E-state index in [1.807, 2.05) is 6.07 Å². The Morgan fingerprint density at radius 1 is 1.41 bits per heavy atom. The Morgan fingerprint density at radius 3 is 3.14 bits per heavy atom. The number of fused-ring (bicyclic) bond motifs is 1. The van der Waals surface area contributed by atoms with Gasteiger partial charge in [0.2, 0.25) is 0 Å². The maximum absolute atomic E-state index is 12.2. The fraction of sp³-hybridized carbons (Fsp3) is 0.688. The third-order valence-corrected chi connectivity index (χ3v) is 4.84. The first-order valence-corrected chi connectivity index (χ1v) is 8.13. The quantitative estimate of drug-likeness (QED) is 0.881. The number of nitrogens with one attached hydrogen (secondary N) is 2. The van der Waals surface area contributed by atoms with E-state index in [0.717, 1.165) is 50.2 Å². The average molecular weight is 306 g/mol. The Bertz CT molecular complexity index is 516. The molecule has 1 aliphatic carbocycles. The monoisotopic (exact) mass is 306 g/mol. The molecule has 1 fully saturated rings. The second-order valence-electron chi connectivity index (χ2n) is 6.49. The van der Waals surface area contributed by atoms with Gasteiger partial charge in [-0.2, -0.15) is 0 Å². The number of likely N-dealkylation sites (N-methyl/N-ethyl adjacent to an activating group) is 2. The molecular formula is C16H26N4O2. The van der Waals surface area contributed by atoms with Crippen LogP contribution in [0.25, 0.3) is 0 Å². The summed E-state index contributed by atoms with van der Waals surface area (Å²) in [7, 11) is 4.25. The number of nitrogens with zero attached hydrogens (tertiary/aromatic N) is 2. The van der Waals surface area contributed by atoms with Crippen molar-refractivity contribution in [2.75, 3.05) is 40.3 Å². The number of hydrogen-bond acceptors (Lipinski definition) is 4. The molecule has 2 heterocycles. The Labute approximate surface area is 131 Å². The molecule has 3 rings (SSSR count). The summed E-state index contributed by atoms with van der Waals surface area (Å²) >= 11 is 0. The third kappa shape index (κ3) is 3.44. The van der Waals surface area contributed by atoms with Crippen molar-refractivity contribution in [2.45, 2.75) is 31.3 Å². The van der Waals surface area contributed by atoms with Crippen LogP contribution in [0.3, 0.4) is 0 Å². The van der Waals surface area contributed by atoms with Crippen molar-refractivity contribution in [1.82, 2.24) is 20.4 Å². The molecule has 0 radical (unpaired) electrons. The zero-order valence-corrected chi connectivity index (χ0v) is 13.5. The van der Waals surface area contributed by atoms with Crippen molar-refractivity contribution >= 4 is 6.03 Å². The summed E-state index contributed by atoms with van der Waals surface area (Å²) < 4.78 is 5.46. The summed E-state index contributed by atoms with van der Waals surface area (Å²) in [5.74, 6) is 1.02. The van der Waals surface area contributed by atoms with Gasteiger partial charge in [-0.1, -0.05) is 0 Å². The van der Waals surface area contributed by atoms with E-state index in [1.165, 1.54) is 0 Å². The first-order valence-electron chi connectivity index (χ1n) is 8.13. The van der Waals surface area contributed by atoms with E-state index in [9.17, 15) is 4.79 Å². The molecule has 1 aromatic heterocycles.